The Balaban J connectivity index is 2.12. The van der Waals surface area contributed by atoms with Crippen molar-refractivity contribution >= 4 is 50.7 Å². The fourth-order valence-corrected chi connectivity index (χ4v) is 4.21. The van der Waals surface area contributed by atoms with Crippen molar-refractivity contribution in [1.82, 2.24) is 4.57 Å². The first kappa shape index (κ1) is 19.1. The van der Waals surface area contributed by atoms with Crippen molar-refractivity contribution in [2.45, 2.75) is 20.4 Å². The first-order valence-electron chi connectivity index (χ1n) is 8.22. The van der Waals surface area contributed by atoms with Gasteiger partial charge in [-0.3, -0.25) is 4.79 Å². The highest BCUT2D eigenvalue weighted by molar-refractivity contribution is 7.16. The molecule has 26 heavy (non-hydrogen) atoms. The van der Waals surface area contributed by atoms with Crippen molar-refractivity contribution in [3.63, 3.8) is 0 Å². The monoisotopic (exact) mass is 408 g/mol. The standard InChI is InChI=1S/C19H18Cl2N2O2S/c1-3-25-10-9-23-17-12(2)5-4-6-16(17)26-19(23)22-18(24)14-11-13(20)7-8-15(14)21/h4-8,11H,3,9-10H2,1-2H3. The highest BCUT2D eigenvalue weighted by Crippen LogP contribution is 2.23. The molecule has 1 amide bonds. The summed E-state index contributed by atoms with van der Waals surface area (Å²) in [6.45, 7) is 5.82. The third kappa shape index (κ3) is 4.01. The van der Waals surface area contributed by atoms with Crippen LogP contribution in [0.25, 0.3) is 10.2 Å². The second-order valence-electron chi connectivity index (χ2n) is 5.70. The zero-order valence-electron chi connectivity index (χ0n) is 14.5. The Bertz CT molecular complexity index is 1020. The van der Waals surface area contributed by atoms with Gasteiger partial charge in [-0.25, -0.2) is 0 Å². The predicted octanol–water partition coefficient (Wildman–Crippen LogP) is 5.10. The van der Waals surface area contributed by atoms with Crippen LogP contribution >= 0.6 is 34.5 Å². The van der Waals surface area contributed by atoms with Crippen LogP contribution in [0, 0.1) is 6.92 Å². The number of benzene rings is 2. The number of hydrogen-bond acceptors (Lipinski definition) is 3. The van der Waals surface area contributed by atoms with Crippen LogP contribution in [-0.4, -0.2) is 23.7 Å². The smallest absolute Gasteiger partial charge is 0.281 e. The van der Waals surface area contributed by atoms with E-state index in [-0.39, 0.29) is 0 Å². The molecule has 7 heteroatoms. The molecule has 136 valence electrons. The van der Waals surface area contributed by atoms with Crippen molar-refractivity contribution in [3.8, 4) is 0 Å². The third-order valence-corrected chi connectivity index (χ3v) is 5.53. The van der Waals surface area contributed by atoms with E-state index in [0.29, 0.717) is 40.2 Å². The SMILES string of the molecule is CCOCCn1c(=NC(=O)c2cc(Cl)ccc2Cl)sc2cccc(C)c21. The molecule has 0 aliphatic heterocycles. The summed E-state index contributed by atoms with van der Waals surface area (Å²) in [6, 6.07) is 10.9. The number of aryl methyl sites for hydroxylation is 1. The Kier molecular flexibility index (Phi) is 6.14. The van der Waals surface area contributed by atoms with E-state index in [2.05, 4.69) is 4.99 Å². The number of aromatic nitrogens is 1. The van der Waals surface area contributed by atoms with E-state index in [0.717, 1.165) is 15.8 Å². The molecule has 3 aromatic rings. The number of hydrogen-bond donors (Lipinski definition) is 0. The summed E-state index contributed by atoms with van der Waals surface area (Å²) < 4.78 is 8.60. The van der Waals surface area contributed by atoms with E-state index in [1.54, 1.807) is 18.2 Å². The van der Waals surface area contributed by atoms with E-state index >= 15 is 0 Å². The summed E-state index contributed by atoms with van der Waals surface area (Å²) in [5.41, 5.74) is 2.50. The minimum atomic E-state index is -0.410. The van der Waals surface area contributed by atoms with Crippen molar-refractivity contribution in [3.05, 3.63) is 62.4 Å². The maximum atomic E-state index is 12.7. The maximum Gasteiger partial charge on any atom is 0.281 e. The van der Waals surface area contributed by atoms with Gasteiger partial charge in [0.1, 0.15) is 0 Å². The zero-order valence-corrected chi connectivity index (χ0v) is 16.8. The van der Waals surface area contributed by atoms with E-state index in [4.69, 9.17) is 27.9 Å². The van der Waals surface area contributed by atoms with Crippen molar-refractivity contribution in [2.24, 2.45) is 4.99 Å². The lowest BCUT2D eigenvalue weighted by molar-refractivity contribution is 0.0997. The Labute approximate surface area is 165 Å². The van der Waals surface area contributed by atoms with Crippen LogP contribution in [0.4, 0.5) is 0 Å². The van der Waals surface area contributed by atoms with Crippen LogP contribution < -0.4 is 4.80 Å². The molecule has 0 bridgehead atoms. The molecule has 1 heterocycles. The summed E-state index contributed by atoms with van der Waals surface area (Å²) in [7, 11) is 0. The fraction of sp³-hybridized carbons (Fsp3) is 0.263. The zero-order chi connectivity index (χ0) is 18.7. The van der Waals surface area contributed by atoms with Gasteiger partial charge in [0.25, 0.3) is 5.91 Å². The van der Waals surface area contributed by atoms with Gasteiger partial charge in [-0.1, -0.05) is 46.7 Å². The molecule has 0 aliphatic carbocycles. The number of carbonyl (C=O) groups is 1. The molecular weight excluding hydrogens is 391 g/mol. The van der Waals surface area contributed by atoms with Crippen LogP contribution in [0.3, 0.4) is 0 Å². The molecule has 0 spiro atoms. The van der Waals surface area contributed by atoms with E-state index < -0.39 is 5.91 Å². The minimum absolute atomic E-state index is 0.296. The molecule has 4 nitrogen and oxygen atoms in total. The third-order valence-electron chi connectivity index (χ3n) is 3.92. The minimum Gasteiger partial charge on any atom is -0.380 e. The molecule has 0 fully saturated rings. The summed E-state index contributed by atoms with van der Waals surface area (Å²) in [6.07, 6.45) is 0. The van der Waals surface area contributed by atoms with Gasteiger partial charge in [0.05, 0.1) is 27.4 Å². The van der Waals surface area contributed by atoms with Crippen LogP contribution in [0.5, 0.6) is 0 Å². The highest BCUT2D eigenvalue weighted by atomic mass is 35.5. The molecule has 0 atom stereocenters. The Hall–Kier alpha value is -1.66. The number of rotatable bonds is 5. The lowest BCUT2D eigenvalue weighted by atomic mass is 10.2. The number of nitrogens with zero attached hydrogens (tertiary/aromatic N) is 2. The summed E-state index contributed by atoms with van der Waals surface area (Å²) >= 11 is 13.6. The van der Waals surface area contributed by atoms with Crippen LogP contribution in [-0.2, 0) is 11.3 Å². The number of thiazole rings is 1. The molecule has 0 radical (unpaired) electrons. The lowest BCUT2D eigenvalue weighted by Crippen LogP contribution is -2.20. The normalized spacial score (nSPS) is 12.1. The van der Waals surface area contributed by atoms with Gasteiger partial charge in [-0.2, -0.15) is 4.99 Å². The van der Waals surface area contributed by atoms with Gasteiger partial charge in [-0.15, -0.1) is 0 Å². The number of amides is 1. The molecule has 0 unspecified atom stereocenters. The number of para-hydroxylation sites is 1. The first-order valence-corrected chi connectivity index (χ1v) is 9.79. The largest absolute Gasteiger partial charge is 0.380 e. The molecule has 0 aliphatic rings. The topological polar surface area (TPSA) is 43.6 Å². The second-order valence-corrected chi connectivity index (χ2v) is 7.55. The summed E-state index contributed by atoms with van der Waals surface area (Å²) in [4.78, 5) is 17.6. The van der Waals surface area contributed by atoms with Crippen molar-refractivity contribution < 1.29 is 9.53 Å². The van der Waals surface area contributed by atoms with E-state index in [9.17, 15) is 4.79 Å². The van der Waals surface area contributed by atoms with Crippen LogP contribution in [0.2, 0.25) is 10.0 Å². The van der Waals surface area contributed by atoms with Gasteiger partial charge in [0, 0.05) is 18.2 Å². The van der Waals surface area contributed by atoms with Crippen LogP contribution in [0.1, 0.15) is 22.8 Å². The number of ether oxygens (including phenoxy) is 1. The Morgan fingerprint density at radius 1 is 1.27 bits per heavy atom. The summed E-state index contributed by atoms with van der Waals surface area (Å²) in [5, 5.41) is 0.783. The molecule has 0 saturated carbocycles. The van der Waals surface area contributed by atoms with Crippen molar-refractivity contribution in [1.29, 1.82) is 0 Å². The fourth-order valence-electron chi connectivity index (χ4n) is 2.71. The summed E-state index contributed by atoms with van der Waals surface area (Å²) in [5.74, 6) is -0.410. The lowest BCUT2D eigenvalue weighted by Gasteiger charge is -2.07. The van der Waals surface area contributed by atoms with Gasteiger partial charge in [-0.05, 0) is 43.7 Å². The molecule has 0 N–H and O–H groups in total. The van der Waals surface area contributed by atoms with E-state index in [1.807, 2.05) is 36.6 Å². The van der Waals surface area contributed by atoms with Gasteiger partial charge in [0.2, 0.25) is 0 Å². The first-order chi connectivity index (χ1) is 12.5. The number of halogens is 2. The quantitative estimate of drug-likeness (QED) is 0.551. The van der Waals surface area contributed by atoms with Gasteiger partial charge >= 0.3 is 0 Å². The molecule has 2 aromatic carbocycles. The van der Waals surface area contributed by atoms with Gasteiger partial charge in [0.15, 0.2) is 4.80 Å². The Morgan fingerprint density at radius 3 is 2.85 bits per heavy atom. The second kappa shape index (κ2) is 8.35. The number of fused-ring (bicyclic) bond motifs is 1. The highest BCUT2D eigenvalue weighted by Gasteiger charge is 2.13. The molecular formula is C19H18Cl2N2O2S. The number of carbonyl (C=O) groups excluding carboxylic acids is 1. The van der Waals surface area contributed by atoms with Gasteiger partial charge < -0.3 is 9.30 Å². The predicted molar refractivity (Wildman–Crippen MR) is 107 cm³/mol. The molecule has 1 aromatic heterocycles. The average Bonchev–Trinajstić information content (AvgIpc) is 2.96. The van der Waals surface area contributed by atoms with Crippen molar-refractivity contribution in [2.75, 3.05) is 13.2 Å². The average molecular weight is 409 g/mol. The van der Waals surface area contributed by atoms with E-state index in [1.165, 1.54) is 11.3 Å². The molecule has 0 saturated heterocycles. The maximum absolute atomic E-state index is 12.7. The van der Waals surface area contributed by atoms with Crippen LogP contribution in [0.15, 0.2) is 41.4 Å². The Morgan fingerprint density at radius 2 is 2.08 bits per heavy atom. The molecule has 3 rings (SSSR count).